The summed E-state index contributed by atoms with van der Waals surface area (Å²) in [4.78, 5) is 12.1. The zero-order valence-electron chi connectivity index (χ0n) is 10.3. The Balaban J connectivity index is 2.16. The summed E-state index contributed by atoms with van der Waals surface area (Å²) in [5, 5.41) is 0. The molecule has 0 aromatic carbocycles. The van der Waals surface area contributed by atoms with E-state index in [1.807, 2.05) is 12.1 Å². The molecule has 3 heteroatoms. The Labute approximate surface area is 105 Å². The highest BCUT2D eigenvalue weighted by molar-refractivity contribution is 6.12. The van der Waals surface area contributed by atoms with Crippen LogP contribution in [0.2, 0.25) is 0 Å². The number of carbonyl (C=O) groups is 1. The van der Waals surface area contributed by atoms with Gasteiger partial charge in [0.15, 0.2) is 5.78 Å². The first-order valence-corrected chi connectivity index (χ1v) is 5.65. The lowest BCUT2D eigenvalue weighted by Crippen LogP contribution is -2.00. The van der Waals surface area contributed by atoms with Gasteiger partial charge >= 0.3 is 0 Å². The second-order valence-electron chi connectivity index (χ2n) is 4.01. The number of Topliss-reactive ketones (excluding diaryl/α,β-unsaturated/α-hetero) is 1. The molecule has 2 aromatic heterocycles. The fraction of sp³-hybridized carbons (Fsp3) is 0.133. The van der Waals surface area contributed by atoms with Gasteiger partial charge in [-0.1, -0.05) is 0 Å². The Morgan fingerprint density at radius 1 is 0.944 bits per heavy atom. The molecule has 0 aliphatic carbocycles. The number of hydrogen-bond donors (Lipinski definition) is 0. The molecule has 0 unspecified atom stereocenters. The highest BCUT2D eigenvalue weighted by Crippen LogP contribution is 2.14. The molecule has 0 saturated carbocycles. The Morgan fingerprint density at radius 3 is 1.72 bits per heavy atom. The number of allylic oxidation sites excluding steroid dienone is 2. The molecule has 0 atom stereocenters. The summed E-state index contributed by atoms with van der Waals surface area (Å²) in [6.07, 6.45) is 6.61. The molecule has 0 saturated heterocycles. The van der Waals surface area contributed by atoms with Crippen molar-refractivity contribution in [1.29, 1.82) is 0 Å². The van der Waals surface area contributed by atoms with Crippen LogP contribution in [0.4, 0.5) is 0 Å². The van der Waals surface area contributed by atoms with Gasteiger partial charge in [-0.25, -0.2) is 0 Å². The van der Waals surface area contributed by atoms with Crippen LogP contribution in [0.15, 0.2) is 56.8 Å². The van der Waals surface area contributed by atoms with Crippen molar-refractivity contribution in [3.05, 3.63) is 59.5 Å². The molecule has 0 aliphatic rings. The Hall–Kier alpha value is -2.29. The monoisotopic (exact) mass is 242 g/mol. The van der Waals surface area contributed by atoms with Crippen molar-refractivity contribution >= 4 is 17.9 Å². The zero-order chi connectivity index (χ0) is 13.0. The number of rotatable bonds is 4. The number of hydrogen-bond acceptors (Lipinski definition) is 3. The van der Waals surface area contributed by atoms with Gasteiger partial charge in [0.05, 0.1) is 12.5 Å². The van der Waals surface area contributed by atoms with E-state index in [1.165, 1.54) is 0 Å². The first-order chi connectivity index (χ1) is 8.66. The second-order valence-corrected chi connectivity index (χ2v) is 4.01. The van der Waals surface area contributed by atoms with Crippen LogP contribution in [0.1, 0.15) is 25.4 Å². The van der Waals surface area contributed by atoms with Gasteiger partial charge in [0, 0.05) is 11.1 Å². The summed E-state index contributed by atoms with van der Waals surface area (Å²) in [5.41, 5.74) is 1.26. The van der Waals surface area contributed by atoms with Gasteiger partial charge in [-0.05, 0) is 50.3 Å². The quantitative estimate of drug-likeness (QED) is 0.762. The molecular formula is C15H14O3. The summed E-state index contributed by atoms with van der Waals surface area (Å²) < 4.78 is 10.3. The number of furan rings is 2. The molecule has 0 fully saturated rings. The minimum absolute atomic E-state index is 0.0252. The number of ketones is 1. The van der Waals surface area contributed by atoms with Gasteiger partial charge in [0.1, 0.15) is 11.5 Å². The summed E-state index contributed by atoms with van der Waals surface area (Å²) in [5.74, 6) is 1.32. The molecule has 0 aliphatic heterocycles. The van der Waals surface area contributed by atoms with E-state index in [-0.39, 0.29) is 5.78 Å². The highest BCUT2D eigenvalue weighted by atomic mass is 16.3. The highest BCUT2D eigenvalue weighted by Gasteiger charge is 2.08. The maximum atomic E-state index is 12.1. The van der Waals surface area contributed by atoms with Crippen LogP contribution in [0.3, 0.4) is 0 Å². The van der Waals surface area contributed by atoms with E-state index >= 15 is 0 Å². The van der Waals surface area contributed by atoms with Crippen molar-refractivity contribution in [3.63, 3.8) is 0 Å². The maximum absolute atomic E-state index is 12.1. The average molecular weight is 242 g/mol. The van der Waals surface area contributed by atoms with E-state index in [4.69, 9.17) is 8.83 Å². The minimum Gasteiger partial charge on any atom is -0.465 e. The van der Waals surface area contributed by atoms with Gasteiger partial charge in [-0.2, -0.15) is 0 Å². The third-order valence-electron chi connectivity index (χ3n) is 2.52. The standard InChI is InChI=1S/C15H14O3/c1-11(9-13-5-3-7-17-13)15(16)12(2)10-14-6-4-8-18-14/h3-10H,1-2H3/b11-9+,12-10+. The van der Waals surface area contributed by atoms with Crippen LogP contribution >= 0.6 is 0 Å². The van der Waals surface area contributed by atoms with Crippen LogP contribution in [-0.4, -0.2) is 5.78 Å². The summed E-state index contributed by atoms with van der Waals surface area (Å²) >= 11 is 0. The fourth-order valence-corrected chi connectivity index (χ4v) is 1.62. The van der Waals surface area contributed by atoms with Gasteiger partial charge in [-0.15, -0.1) is 0 Å². The first-order valence-electron chi connectivity index (χ1n) is 5.65. The smallest absolute Gasteiger partial charge is 0.184 e. The molecule has 2 heterocycles. The van der Waals surface area contributed by atoms with Crippen molar-refractivity contribution < 1.29 is 13.6 Å². The van der Waals surface area contributed by atoms with Crippen molar-refractivity contribution in [2.75, 3.05) is 0 Å². The van der Waals surface area contributed by atoms with Gasteiger partial charge in [-0.3, -0.25) is 4.79 Å². The van der Waals surface area contributed by atoms with Crippen LogP contribution < -0.4 is 0 Å². The van der Waals surface area contributed by atoms with Crippen molar-refractivity contribution in [3.8, 4) is 0 Å². The lowest BCUT2D eigenvalue weighted by Gasteiger charge is -2.00. The predicted molar refractivity (Wildman–Crippen MR) is 69.7 cm³/mol. The average Bonchev–Trinajstić information content (AvgIpc) is 3.01. The molecule has 0 bridgehead atoms. The topological polar surface area (TPSA) is 43.4 Å². The largest absolute Gasteiger partial charge is 0.465 e. The molecule has 18 heavy (non-hydrogen) atoms. The van der Waals surface area contributed by atoms with Crippen molar-refractivity contribution in [2.45, 2.75) is 13.8 Å². The van der Waals surface area contributed by atoms with E-state index < -0.39 is 0 Å². The van der Waals surface area contributed by atoms with Gasteiger partial charge < -0.3 is 8.83 Å². The van der Waals surface area contributed by atoms with Crippen LogP contribution in [-0.2, 0) is 4.79 Å². The molecular weight excluding hydrogens is 228 g/mol. The Bertz CT molecular complexity index is 517. The molecule has 0 N–H and O–H groups in total. The lowest BCUT2D eigenvalue weighted by molar-refractivity contribution is -0.112. The summed E-state index contributed by atoms with van der Waals surface area (Å²) in [6.45, 7) is 3.54. The van der Waals surface area contributed by atoms with E-state index in [0.29, 0.717) is 22.7 Å². The SMILES string of the molecule is C/C(=C\c1ccco1)C(=O)/C(C)=C/c1ccco1. The maximum Gasteiger partial charge on any atom is 0.184 e. The fourth-order valence-electron chi connectivity index (χ4n) is 1.62. The summed E-state index contributed by atoms with van der Waals surface area (Å²) in [6, 6.07) is 7.19. The molecule has 3 nitrogen and oxygen atoms in total. The summed E-state index contributed by atoms with van der Waals surface area (Å²) in [7, 11) is 0. The van der Waals surface area contributed by atoms with E-state index in [9.17, 15) is 4.79 Å². The third kappa shape index (κ3) is 2.88. The Kier molecular flexibility index (Phi) is 3.63. The molecule has 92 valence electrons. The first kappa shape index (κ1) is 12.2. The normalized spacial score (nSPS) is 12.8. The lowest BCUT2D eigenvalue weighted by atomic mass is 10.0. The zero-order valence-corrected chi connectivity index (χ0v) is 10.3. The molecule has 2 aromatic rings. The molecule has 2 rings (SSSR count). The van der Waals surface area contributed by atoms with Crippen LogP contribution in [0, 0.1) is 0 Å². The number of carbonyl (C=O) groups excluding carboxylic acids is 1. The van der Waals surface area contributed by atoms with Gasteiger partial charge in [0.25, 0.3) is 0 Å². The molecule has 0 radical (unpaired) electrons. The molecule has 0 spiro atoms. The van der Waals surface area contributed by atoms with Crippen molar-refractivity contribution in [2.24, 2.45) is 0 Å². The van der Waals surface area contributed by atoms with E-state index in [2.05, 4.69) is 0 Å². The van der Waals surface area contributed by atoms with E-state index in [1.54, 1.807) is 50.7 Å². The predicted octanol–water partition coefficient (Wildman–Crippen LogP) is 3.95. The van der Waals surface area contributed by atoms with Gasteiger partial charge in [0.2, 0.25) is 0 Å². The van der Waals surface area contributed by atoms with Crippen molar-refractivity contribution in [1.82, 2.24) is 0 Å². The Morgan fingerprint density at radius 2 is 1.39 bits per heavy atom. The van der Waals surface area contributed by atoms with Crippen LogP contribution in [0.5, 0.6) is 0 Å². The van der Waals surface area contributed by atoms with Crippen LogP contribution in [0.25, 0.3) is 12.2 Å². The molecule has 0 amide bonds. The van der Waals surface area contributed by atoms with E-state index in [0.717, 1.165) is 0 Å². The minimum atomic E-state index is -0.0252. The third-order valence-corrected chi connectivity index (χ3v) is 2.52. The second kappa shape index (κ2) is 5.36.